The third-order valence-electron chi connectivity index (χ3n) is 2.72. The molecule has 0 aliphatic carbocycles. The molecular formula is C14H22N2O6S2. The van der Waals surface area contributed by atoms with Crippen LogP contribution in [0.1, 0.15) is 36.7 Å². The third kappa shape index (κ3) is 6.19. The van der Waals surface area contributed by atoms with Crippen LogP contribution in [-0.2, 0) is 31.3 Å². The summed E-state index contributed by atoms with van der Waals surface area (Å²) in [6, 6.07) is 4.00. The summed E-state index contributed by atoms with van der Waals surface area (Å²) in [5.41, 5.74) is -0.493. The lowest BCUT2D eigenvalue weighted by atomic mass is 10.1. The highest BCUT2D eigenvalue weighted by Crippen LogP contribution is 2.21. The minimum Gasteiger partial charge on any atom is -0.465 e. The first-order valence-electron chi connectivity index (χ1n) is 6.95. The van der Waals surface area contributed by atoms with Gasteiger partial charge in [-0.15, -0.1) is 0 Å². The molecule has 0 fully saturated rings. The zero-order valence-electron chi connectivity index (χ0n) is 14.2. The van der Waals surface area contributed by atoms with E-state index in [9.17, 15) is 21.6 Å². The number of carbonyl (C=O) groups is 1. The minimum absolute atomic E-state index is 0.0989. The van der Waals surface area contributed by atoms with Crippen LogP contribution in [0.5, 0.6) is 0 Å². The number of esters is 1. The third-order valence-corrected chi connectivity index (χ3v) is 5.19. The number of benzene rings is 1. The number of methoxy groups -OCH3 is 1. The normalized spacial score (nSPS) is 12.9. The van der Waals surface area contributed by atoms with Gasteiger partial charge in [0.2, 0.25) is 20.0 Å². The SMILES string of the molecule is COC(=O)c1ccc(CNS(C)(=O)=O)cc1S(=O)(=O)NC(C)(C)C. The van der Waals surface area contributed by atoms with Crippen LogP contribution in [0.25, 0.3) is 0 Å². The van der Waals surface area contributed by atoms with Crippen LogP contribution < -0.4 is 9.44 Å². The number of hydrogen-bond donors (Lipinski definition) is 2. The highest BCUT2D eigenvalue weighted by molar-refractivity contribution is 7.89. The number of rotatable bonds is 6. The quantitative estimate of drug-likeness (QED) is 0.700. The van der Waals surface area contributed by atoms with E-state index in [2.05, 4.69) is 14.2 Å². The Balaban J connectivity index is 3.38. The molecule has 0 aliphatic rings. The summed E-state index contributed by atoms with van der Waals surface area (Å²) in [6.45, 7) is 4.89. The number of carbonyl (C=O) groups excluding carboxylic acids is 1. The number of hydrogen-bond acceptors (Lipinski definition) is 6. The number of sulfonamides is 2. The Hall–Kier alpha value is -1.49. The van der Waals surface area contributed by atoms with Crippen molar-refractivity contribution in [3.8, 4) is 0 Å². The van der Waals surface area contributed by atoms with Crippen LogP contribution in [0, 0.1) is 0 Å². The van der Waals surface area contributed by atoms with E-state index >= 15 is 0 Å². The summed E-state index contributed by atoms with van der Waals surface area (Å²) in [7, 11) is -6.30. The molecule has 136 valence electrons. The lowest BCUT2D eigenvalue weighted by Gasteiger charge is -2.21. The maximum atomic E-state index is 12.6. The van der Waals surface area contributed by atoms with Gasteiger partial charge in [0.1, 0.15) is 0 Å². The molecule has 1 aromatic rings. The number of nitrogens with one attached hydrogen (secondary N) is 2. The maximum Gasteiger partial charge on any atom is 0.339 e. The first kappa shape index (κ1) is 20.6. The van der Waals surface area contributed by atoms with E-state index in [1.54, 1.807) is 20.8 Å². The Kier molecular flexibility index (Phi) is 6.15. The lowest BCUT2D eigenvalue weighted by molar-refractivity contribution is 0.0596. The van der Waals surface area contributed by atoms with Gasteiger partial charge in [0.25, 0.3) is 0 Å². The molecular weight excluding hydrogens is 356 g/mol. The van der Waals surface area contributed by atoms with Crippen molar-refractivity contribution in [1.82, 2.24) is 9.44 Å². The summed E-state index contributed by atoms with van der Waals surface area (Å²) in [5.74, 6) is -0.799. The molecule has 0 spiro atoms. The van der Waals surface area contributed by atoms with Crippen LogP contribution in [0.3, 0.4) is 0 Å². The molecule has 0 saturated carbocycles. The molecule has 0 aliphatic heterocycles. The van der Waals surface area contributed by atoms with Gasteiger partial charge in [0.05, 0.1) is 23.8 Å². The molecule has 0 radical (unpaired) electrons. The molecule has 2 N–H and O–H groups in total. The summed E-state index contributed by atoms with van der Waals surface area (Å²) in [6.07, 6.45) is 0.995. The second kappa shape index (κ2) is 7.18. The highest BCUT2D eigenvalue weighted by atomic mass is 32.2. The predicted molar refractivity (Wildman–Crippen MR) is 89.5 cm³/mol. The molecule has 0 unspecified atom stereocenters. The van der Waals surface area contributed by atoms with Gasteiger partial charge in [-0.25, -0.2) is 31.1 Å². The number of ether oxygens (including phenoxy) is 1. The standard InChI is InChI=1S/C14H22N2O6S2/c1-14(2,3)16-24(20,21)12-8-10(9-15-23(5,18)19)6-7-11(12)13(17)22-4/h6-8,15-16H,9H2,1-5H3. The lowest BCUT2D eigenvalue weighted by Crippen LogP contribution is -2.41. The Morgan fingerprint density at radius 1 is 1.17 bits per heavy atom. The van der Waals surface area contributed by atoms with Gasteiger partial charge in [0.15, 0.2) is 0 Å². The van der Waals surface area contributed by atoms with Crippen LogP contribution >= 0.6 is 0 Å². The first-order valence-corrected chi connectivity index (χ1v) is 10.3. The zero-order chi connectivity index (χ0) is 18.8. The van der Waals surface area contributed by atoms with Gasteiger partial charge in [-0.2, -0.15) is 0 Å². The van der Waals surface area contributed by atoms with Gasteiger partial charge in [-0.3, -0.25) is 0 Å². The van der Waals surface area contributed by atoms with Crippen LogP contribution in [0.2, 0.25) is 0 Å². The molecule has 0 amide bonds. The molecule has 0 aromatic heterocycles. The Bertz CT molecular complexity index is 823. The molecule has 0 saturated heterocycles. The average molecular weight is 378 g/mol. The fourth-order valence-corrected chi connectivity index (χ4v) is 3.94. The zero-order valence-corrected chi connectivity index (χ0v) is 15.8. The molecule has 0 heterocycles. The van der Waals surface area contributed by atoms with Crippen LogP contribution in [0.4, 0.5) is 0 Å². The summed E-state index contributed by atoms with van der Waals surface area (Å²) < 4.78 is 56.9. The smallest absolute Gasteiger partial charge is 0.339 e. The fraction of sp³-hybridized carbons (Fsp3) is 0.500. The van der Waals surface area contributed by atoms with Crippen molar-refractivity contribution in [3.63, 3.8) is 0 Å². The minimum atomic E-state index is -4.01. The molecule has 24 heavy (non-hydrogen) atoms. The van der Waals surface area contributed by atoms with Gasteiger partial charge in [-0.05, 0) is 38.5 Å². The van der Waals surface area contributed by atoms with Crippen molar-refractivity contribution in [2.45, 2.75) is 37.8 Å². The highest BCUT2D eigenvalue weighted by Gasteiger charge is 2.27. The molecule has 8 nitrogen and oxygen atoms in total. The largest absolute Gasteiger partial charge is 0.465 e. The van der Waals surface area contributed by atoms with Crippen molar-refractivity contribution in [1.29, 1.82) is 0 Å². The van der Waals surface area contributed by atoms with Gasteiger partial charge in [-0.1, -0.05) is 6.07 Å². The van der Waals surface area contributed by atoms with Crippen molar-refractivity contribution >= 4 is 26.0 Å². The van der Waals surface area contributed by atoms with Gasteiger partial charge in [0, 0.05) is 12.1 Å². The van der Waals surface area contributed by atoms with E-state index in [0.29, 0.717) is 5.56 Å². The maximum absolute atomic E-state index is 12.6. The molecule has 1 aromatic carbocycles. The molecule has 1 rings (SSSR count). The Labute approximate surface area is 142 Å². The predicted octanol–water partition coefficient (Wildman–Crippen LogP) is 0.599. The van der Waals surface area contributed by atoms with Gasteiger partial charge >= 0.3 is 5.97 Å². The molecule has 0 bridgehead atoms. The van der Waals surface area contributed by atoms with Crippen LogP contribution in [0.15, 0.2) is 23.1 Å². The summed E-state index contributed by atoms with van der Waals surface area (Å²) in [4.78, 5) is 11.6. The Morgan fingerprint density at radius 3 is 2.21 bits per heavy atom. The van der Waals surface area contributed by atoms with E-state index in [1.807, 2.05) is 0 Å². The topological polar surface area (TPSA) is 119 Å². The van der Waals surface area contributed by atoms with Crippen molar-refractivity contribution in [3.05, 3.63) is 29.3 Å². The molecule has 10 heteroatoms. The second-order valence-electron chi connectivity index (χ2n) is 6.27. The van der Waals surface area contributed by atoms with Crippen molar-refractivity contribution < 1.29 is 26.4 Å². The van der Waals surface area contributed by atoms with Crippen LogP contribution in [-0.4, -0.2) is 41.7 Å². The molecule has 0 atom stereocenters. The van der Waals surface area contributed by atoms with E-state index in [1.165, 1.54) is 18.2 Å². The average Bonchev–Trinajstić information content (AvgIpc) is 2.40. The van der Waals surface area contributed by atoms with Gasteiger partial charge < -0.3 is 4.74 Å². The second-order valence-corrected chi connectivity index (χ2v) is 9.75. The van der Waals surface area contributed by atoms with E-state index in [-0.39, 0.29) is 17.0 Å². The fourth-order valence-electron chi connectivity index (χ4n) is 1.85. The van der Waals surface area contributed by atoms with Crippen molar-refractivity contribution in [2.24, 2.45) is 0 Å². The summed E-state index contributed by atoms with van der Waals surface area (Å²) >= 11 is 0. The first-order chi connectivity index (χ1) is 10.7. The van der Waals surface area contributed by atoms with Crippen molar-refractivity contribution in [2.75, 3.05) is 13.4 Å². The van der Waals surface area contributed by atoms with E-state index < -0.39 is 31.6 Å². The Morgan fingerprint density at radius 2 is 1.75 bits per heavy atom. The van der Waals surface area contributed by atoms with E-state index in [0.717, 1.165) is 13.4 Å². The monoisotopic (exact) mass is 378 g/mol. The summed E-state index contributed by atoms with van der Waals surface area (Å²) in [5, 5.41) is 0. The van der Waals surface area contributed by atoms with E-state index in [4.69, 9.17) is 0 Å².